The van der Waals surface area contributed by atoms with E-state index in [2.05, 4.69) is 29.5 Å². The molecule has 0 aliphatic carbocycles. The number of thiophene rings is 4. The Hall–Kier alpha value is -7.41. The van der Waals surface area contributed by atoms with Crippen LogP contribution >= 0.6 is 45.3 Å². The van der Waals surface area contributed by atoms with Crippen molar-refractivity contribution < 1.29 is 66.7 Å². The molecule has 0 fully saturated rings. The van der Waals surface area contributed by atoms with Crippen LogP contribution in [-0.2, 0) is 52.3 Å². The molecule has 390 valence electrons. The maximum Gasteiger partial charge on any atom is 0.350 e. The van der Waals surface area contributed by atoms with E-state index in [0.29, 0.717) is 26.6 Å². The van der Waals surface area contributed by atoms with Crippen molar-refractivity contribution in [3.63, 3.8) is 0 Å². The number of hydrogen-bond acceptors (Lipinski definition) is 22. The zero-order valence-electron chi connectivity index (χ0n) is 40.0. The van der Waals surface area contributed by atoms with Crippen LogP contribution in [0, 0.1) is 0 Å². The molecule has 0 aliphatic heterocycles. The molecule has 0 amide bonds. The van der Waals surface area contributed by atoms with Crippen molar-refractivity contribution in [1.29, 1.82) is 0 Å². The van der Waals surface area contributed by atoms with Gasteiger partial charge in [-0.05, 0) is 94.3 Å². The summed E-state index contributed by atoms with van der Waals surface area (Å²) in [6, 6.07) is 7.13. The average Bonchev–Trinajstić information content (AvgIpc) is 4.20. The van der Waals surface area contributed by atoms with Crippen molar-refractivity contribution in [3.05, 3.63) is 124 Å². The third kappa shape index (κ3) is 19.8. The van der Waals surface area contributed by atoms with E-state index in [9.17, 15) is 43.2 Å². The van der Waals surface area contributed by atoms with Crippen molar-refractivity contribution in [1.82, 2.24) is 9.97 Å². The third-order valence-electron chi connectivity index (χ3n) is 8.17. The van der Waals surface area contributed by atoms with E-state index < -0.39 is 29.8 Å². The van der Waals surface area contributed by atoms with Gasteiger partial charge in [0.2, 0.25) is 10.9 Å². The van der Waals surface area contributed by atoms with Crippen LogP contribution in [0.3, 0.4) is 0 Å². The van der Waals surface area contributed by atoms with E-state index >= 15 is 0 Å². The summed E-state index contributed by atoms with van der Waals surface area (Å²) in [4.78, 5) is 109. The number of ether oxygens (including phenoxy) is 7. The Bertz CT molecular complexity index is 2830. The number of nitrogens with two attached hydrogens (primary N) is 1. The van der Waals surface area contributed by atoms with E-state index in [0.717, 1.165) is 23.0 Å². The van der Waals surface area contributed by atoms with E-state index in [-0.39, 0.29) is 85.3 Å². The Morgan fingerprint density at radius 3 is 1.50 bits per heavy atom. The van der Waals surface area contributed by atoms with E-state index in [1.165, 1.54) is 78.0 Å². The fourth-order valence-electron chi connectivity index (χ4n) is 4.96. The summed E-state index contributed by atoms with van der Waals surface area (Å²) in [6.07, 6.45) is 5.24. The number of H-pyrrole nitrogens is 2. The predicted octanol–water partition coefficient (Wildman–Crippen LogP) is 8.51. The van der Waals surface area contributed by atoms with Crippen LogP contribution in [0.1, 0.15) is 86.3 Å². The molecule has 6 aromatic heterocycles. The zero-order chi connectivity index (χ0) is 52.9. The number of aromatic nitrogens is 2. The number of pyridine rings is 2. The minimum absolute atomic E-state index is 0. The number of fused-ring (bicyclic) bond motifs is 2. The normalized spacial score (nSPS) is 9.61. The molecule has 5 N–H and O–H groups in total. The van der Waals surface area contributed by atoms with E-state index in [1.54, 1.807) is 64.4 Å². The largest absolute Gasteiger partial charge is 0.500 e. The SMILES string of the molecule is C.CC(=O)c1c[nH]c2ccsc2c1=O.CCOC(=O)C(=CNc1ccsc1)C(=O)OCC.CCOC(=O)c1c[nH]c2ccsc2c1=O.CCOC=C(C(=O)OCC)C(=O)OCC.COC(=O)c1sccc1N. The lowest BCUT2D eigenvalue weighted by atomic mass is 10.2. The van der Waals surface area contributed by atoms with Crippen LogP contribution in [-0.4, -0.2) is 98.3 Å². The maximum absolute atomic E-state index is 11.8. The lowest BCUT2D eigenvalue weighted by molar-refractivity contribution is -0.148. The molecule has 24 heteroatoms. The summed E-state index contributed by atoms with van der Waals surface area (Å²) in [5.41, 5.74) is 7.73. The van der Waals surface area contributed by atoms with Crippen LogP contribution in [0.25, 0.3) is 20.4 Å². The highest BCUT2D eigenvalue weighted by atomic mass is 32.1. The number of carbonyl (C=O) groups is 7. The Balaban J connectivity index is 0.000000453. The molecule has 0 unspecified atom stereocenters. The molecule has 20 nitrogen and oxygen atoms in total. The smallest absolute Gasteiger partial charge is 0.350 e. The number of nitrogen functional groups attached to an aromatic ring is 1. The number of aromatic amines is 2. The molecule has 0 aromatic carbocycles. The summed E-state index contributed by atoms with van der Waals surface area (Å²) >= 11 is 5.45. The Morgan fingerprint density at radius 2 is 1.08 bits per heavy atom. The van der Waals surface area contributed by atoms with Gasteiger partial charge in [-0.15, -0.1) is 34.0 Å². The van der Waals surface area contributed by atoms with Crippen molar-refractivity contribution in [3.8, 4) is 0 Å². The molecule has 6 heterocycles. The molecule has 0 radical (unpaired) electrons. The molecule has 0 saturated heterocycles. The number of Topliss-reactive ketones (excluding diaryl/α,β-unsaturated/α-hetero) is 1. The second-order valence-corrected chi connectivity index (χ2v) is 16.5. The lowest BCUT2D eigenvalue weighted by Crippen LogP contribution is -2.19. The second-order valence-electron chi connectivity index (χ2n) is 12.9. The first-order valence-electron chi connectivity index (χ1n) is 21.3. The number of nitrogens with one attached hydrogen (secondary N) is 3. The van der Waals surface area contributed by atoms with Gasteiger partial charge in [0.1, 0.15) is 16.7 Å². The van der Waals surface area contributed by atoms with Crippen molar-refractivity contribution in [2.75, 3.05) is 57.8 Å². The highest BCUT2D eigenvalue weighted by Gasteiger charge is 2.22. The lowest BCUT2D eigenvalue weighted by Gasteiger charge is -2.06. The van der Waals surface area contributed by atoms with Crippen LogP contribution in [0.5, 0.6) is 0 Å². The van der Waals surface area contributed by atoms with Crippen LogP contribution in [0.15, 0.2) is 96.8 Å². The second kappa shape index (κ2) is 34.0. The number of esters is 6. The number of carbonyl (C=O) groups excluding carboxylic acids is 7. The Labute approximate surface area is 430 Å². The zero-order valence-corrected chi connectivity index (χ0v) is 43.3. The fraction of sp³-hybridized carbons (Fsp3) is 0.312. The van der Waals surface area contributed by atoms with Gasteiger partial charge in [-0.25, -0.2) is 28.8 Å². The molecule has 0 aliphatic rings. The summed E-state index contributed by atoms with van der Waals surface area (Å²) in [7, 11) is 1.33. The maximum atomic E-state index is 11.8. The summed E-state index contributed by atoms with van der Waals surface area (Å²) in [5.74, 6) is -4.00. The topological polar surface area (TPSA) is 288 Å². The Morgan fingerprint density at radius 1 is 0.611 bits per heavy atom. The highest BCUT2D eigenvalue weighted by molar-refractivity contribution is 7.17. The number of methoxy groups -OCH3 is 1. The standard InChI is InChI=1S/C12H15NO4S.C10H9NO3S.C10H16O5.C9H7NO2S.C6H7NO2S.CH4/c1-3-16-11(14)10(12(15)17-4-2)7-13-9-5-6-18-8-9;1-2-14-10(13)6-5-11-7-3-4-15-9(7)8(6)12;1-4-13-7-8(9(11)14-5-2)10(12)15-6-3;1-5(11)6-4-10-7-2-3-13-9(7)8(6)12;1-9-6(8)5-4(7)2-3-10-5;/h5-8,13H,3-4H2,1-2H3;3-5H,2H2,1H3,(H,11,12);7H,4-6H2,1-3H3;2-4H,1H3,(H,10,12);2-3H,7H2,1H3;1H4. The minimum atomic E-state index is -0.732. The van der Waals surface area contributed by atoms with E-state index in [4.69, 9.17) is 24.7 Å². The van der Waals surface area contributed by atoms with Crippen molar-refractivity contribution in [2.45, 2.75) is 55.9 Å². The number of ketones is 1. The first-order valence-corrected chi connectivity index (χ1v) is 24.9. The van der Waals surface area contributed by atoms with Gasteiger partial charge in [-0.1, -0.05) is 7.43 Å². The first-order chi connectivity index (χ1) is 34.0. The predicted molar refractivity (Wildman–Crippen MR) is 280 cm³/mol. The van der Waals surface area contributed by atoms with Gasteiger partial charge in [0.05, 0.1) is 78.4 Å². The Kier molecular flexibility index (Phi) is 29.6. The van der Waals surface area contributed by atoms with Gasteiger partial charge < -0.3 is 54.2 Å². The van der Waals surface area contributed by atoms with Gasteiger partial charge in [0.25, 0.3) is 0 Å². The third-order valence-corrected chi connectivity index (χ3v) is 11.6. The van der Waals surface area contributed by atoms with E-state index in [1.807, 2.05) is 28.3 Å². The van der Waals surface area contributed by atoms with Gasteiger partial charge in [0, 0.05) is 29.7 Å². The quantitative estimate of drug-likeness (QED) is 0.0134. The van der Waals surface area contributed by atoms with Gasteiger partial charge in [-0.2, -0.15) is 11.3 Å². The molecule has 6 aromatic rings. The molecule has 72 heavy (non-hydrogen) atoms. The van der Waals surface area contributed by atoms with Gasteiger partial charge in [-0.3, -0.25) is 14.4 Å². The molecular formula is C48H58N4O16S4. The first kappa shape index (κ1) is 62.6. The summed E-state index contributed by atoms with van der Waals surface area (Å²) in [5, 5.41) is 12.0. The van der Waals surface area contributed by atoms with Crippen LogP contribution in [0.4, 0.5) is 11.4 Å². The summed E-state index contributed by atoms with van der Waals surface area (Å²) < 4.78 is 34.2. The average molecular weight is 1080 g/mol. The minimum Gasteiger partial charge on any atom is -0.500 e. The molecular weight excluding hydrogens is 1020 g/mol. The van der Waals surface area contributed by atoms with Crippen LogP contribution in [0.2, 0.25) is 0 Å². The molecule has 0 bridgehead atoms. The van der Waals surface area contributed by atoms with Gasteiger partial charge >= 0.3 is 35.8 Å². The molecule has 0 spiro atoms. The number of anilines is 2. The monoisotopic (exact) mass is 1070 g/mol. The van der Waals surface area contributed by atoms with Gasteiger partial charge in [0.15, 0.2) is 16.9 Å². The number of hydrogen-bond donors (Lipinski definition) is 4. The summed E-state index contributed by atoms with van der Waals surface area (Å²) in [6.45, 7) is 12.9. The van der Waals surface area contributed by atoms with Crippen molar-refractivity contribution >= 4 is 119 Å². The van der Waals surface area contributed by atoms with Crippen LogP contribution < -0.4 is 21.9 Å². The fourth-order valence-corrected chi connectivity index (χ4v) is 7.91. The molecule has 0 atom stereocenters. The molecule has 0 saturated carbocycles. The number of rotatable bonds is 16. The molecule has 6 rings (SSSR count). The highest BCUT2D eigenvalue weighted by Crippen LogP contribution is 2.19. The van der Waals surface area contributed by atoms with Crippen molar-refractivity contribution in [2.24, 2.45) is 0 Å².